The summed E-state index contributed by atoms with van der Waals surface area (Å²) < 4.78 is 6.30. The molecule has 0 aliphatic rings. The SMILES string of the molecule is CCCN=CC(=CN)c1cc(OC(C)C(CC=O)CNC)c2cccnc2c1. The van der Waals surface area contributed by atoms with E-state index >= 15 is 0 Å². The molecule has 2 unspecified atom stereocenters. The van der Waals surface area contributed by atoms with Crippen LogP contribution in [0.1, 0.15) is 32.3 Å². The van der Waals surface area contributed by atoms with Crippen molar-refractivity contribution in [1.29, 1.82) is 0 Å². The van der Waals surface area contributed by atoms with Gasteiger partial charge in [-0.1, -0.05) is 6.92 Å². The molecule has 1 aromatic carbocycles. The van der Waals surface area contributed by atoms with Crippen LogP contribution in [-0.2, 0) is 4.79 Å². The summed E-state index contributed by atoms with van der Waals surface area (Å²) in [5.74, 6) is 0.803. The molecule has 2 rings (SSSR count). The largest absolute Gasteiger partial charge is 0.490 e. The Labute approximate surface area is 166 Å². The molecule has 3 N–H and O–H groups in total. The maximum absolute atomic E-state index is 11.0. The first kappa shape index (κ1) is 21.6. The first-order valence-electron chi connectivity index (χ1n) is 9.70. The van der Waals surface area contributed by atoms with E-state index in [1.165, 1.54) is 0 Å². The predicted octanol–water partition coefficient (Wildman–Crippen LogP) is 3.21. The van der Waals surface area contributed by atoms with Crippen LogP contribution in [0.3, 0.4) is 0 Å². The van der Waals surface area contributed by atoms with E-state index in [-0.39, 0.29) is 12.0 Å². The lowest BCUT2D eigenvalue weighted by Gasteiger charge is -2.24. The number of aldehydes is 1. The van der Waals surface area contributed by atoms with Crippen molar-refractivity contribution in [1.82, 2.24) is 10.3 Å². The van der Waals surface area contributed by atoms with Gasteiger partial charge in [-0.2, -0.15) is 0 Å². The Morgan fingerprint density at radius 1 is 1.43 bits per heavy atom. The minimum Gasteiger partial charge on any atom is -0.490 e. The lowest BCUT2D eigenvalue weighted by Crippen LogP contribution is -2.32. The van der Waals surface area contributed by atoms with Gasteiger partial charge < -0.3 is 20.6 Å². The van der Waals surface area contributed by atoms with Crippen LogP contribution in [0.25, 0.3) is 16.5 Å². The highest BCUT2D eigenvalue weighted by molar-refractivity contribution is 6.11. The second kappa shape index (κ2) is 11.2. The molecule has 6 nitrogen and oxygen atoms in total. The number of nitrogens with two attached hydrogens (primary N) is 1. The first-order valence-corrected chi connectivity index (χ1v) is 9.70. The van der Waals surface area contributed by atoms with Crippen LogP contribution in [0, 0.1) is 5.92 Å². The van der Waals surface area contributed by atoms with Gasteiger partial charge in [0.05, 0.1) is 5.52 Å². The topological polar surface area (TPSA) is 89.6 Å². The van der Waals surface area contributed by atoms with Crippen LogP contribution in [0.15, 0.2) is 41.7 Å². The molecule has 0 fully saturated rings. The highest BCUT2D eigenvalue weighted by atomic mass is 16.5. The third-order valence-corrected chi connectivity index (χ3v) is 4.62. The second-order valence-corrected chi connectivity index (χ2v) is 6.74. The number of carbonyl (C=O) groups is 1. The van der Waals surface area contributed by atoms with Crippen molar-refractivity contribution >= 4 is 29.0 Å². The Kier molecular flexibility index (Phi) is 8.62. The zero-order valence-corrected chi connectivity index (χ0v) is 16.9. The molecule has 0 radical (unpaired) electrons. The lowest BCUT2D eigenvalue weighted by atomic mass is 9.99. The number of fused-ring (bicyclic) bond motifs is 1. The van der Waals surface area contributed by atoms with Gasteiger partial charge in [0.15, 0.2) is 0 Å². The third-order valence-electron chi connectivity index (χ3n) is 4.62. The van der Waals surface area contributed by atoms with Gasteiger partial charge in [-0.15, -0.1) is 0 Å². The number of pyridine rings is 1. The van der Waals surface area contributed by atoms with Crippen LogP contribution >= 0.6 is 0 Å². The maximum Gasteiger partial charge on any atom is 0.129 e. The highest BCUT2D eigenvalue weighted by Crippen LogP contribution is 2.31. The Morgan fingerprint density at radius 3 is 2.93 bits per heavy atom. The van der Waals surface area contributed by atoms with Gasteiger partial charge in [0.2, 0.25) is 0 Å². The number of hydrogen-bond donors (Lipinski definition) is 2. The molecule has 0 aliphatic carbocycles. The van der Waals surface area contributed by atoms with Crippen molar-refractivity contribution in [2.45, 2.75) is 32.8 Å². The monoisotopic (exact) mass is 382 g/mol. The third kappa shape index (κ3) is 5.63. The summed E-state index contributed by atoms with van der Waals surface area (Å²) in [5, 5.41) is 4.05. The van der Waals surface area contributed by atoms with Crippen LogP contribution in [-0.4, -0.2) is 43.7 Å². The molecule has 0 saturated carbocycles. The molecule has 0 amide bonds. The molecule has 0 spiro atoms. The van der Waals surface area contributed by atoms with E-state index in [9.17, 15) is 4.79 Å². The van der Waals surface area contributed by atoms with E-state index < -0.39 is 0 Å². The van der Waals surface area contributed by atoms with E-state index in [4.69, 9.17) is 10.5 Å². The first-order chi connectivity index (χ1) is 13.6. The van der Waals surface area contributed by atoms with Gasteiger partial charge in [-0.25, -0.2) is 0 Å². The average Bonchev–Trinajstić information content (AvgIpc) is 2.71. The van der Waals surface area contributed by atoms with E-state index in [1.807, 2.05) is 38.2 Å². The number of benzene rings is 1. The van der Waals surface area contributed by atoms with Crippen molar-refractivity contribution in [3.63, 3.8) is 0 Å². The number of nitrogens with one attached hydrogen (secondary N) is 1. The van der Waals surface area contributed by atoms with E-state index in [2.05, 4.69) is 22.2 Å². The number of rotatable bonds is 11. The fraction of sp³-hybridized carbons (Fsp3) is 0.409. The van der Waals surface area contributed by atoms with Crippen molar-refractivity contribution < 1.29 is 9.53 Å². The lowest BCUT2D eigenvalue weighted by molar-refractivity contribution is -0.109. The Balaban J connectivity index is 2.42. The van der Waals surface area contributed by atoms with Crippen LogP contribution < -0.4 is 15.8 Å². The fourth-order valence-corrected chi connectivity index (χ4v) is 3.04. The number of carbonyl (C=O) groups excluding carboxylic acids is 1. The van der Waals surface area contributed by atoms with Gasteiger partial charge >= 0.3 is 0 Å². The van der Waals surface area contributed by atoms with Crippen molar-refractivity contribution in [3.8, 4) is 5.75 Å². The summed E-state index contributed by atoms with van der Waals surface area (Å²) >= 11 is 0. The molecule has 0 bridgehead atoms. The number of aliphatic imine (C=N–C) groups is 1. The predicted molar refractivity (Wildman–Crippen MR) is 116 cm³/mol. The number of ether oxygens (including phenoxy) is 1. The molecule has 1 heterocycles. The van der Waals surface area contributed by atoms with E-state index in [0.717, 1.165) is 47.0 Å². The van der Waals surface area contributed by atoms with Crippen LogP contribution in [0.5, 0.6) is 5.75 Å². The van der Waals surface area contributed by atoms with Gasteiger partial charge in [-0.3, -0.25) is 9.98 Å². The van der Waals surface area contributed by atoms with E-state index in [1.54, 1.807) is 18.6 Å². The van der Waals surface area contributed by atoms with Gasteiger partial charge in [0.1, 0.15) is 18.1 Å². The molecule has 150 valence electrons. The highest BCUT2D eigenvalue weighted by Gasteiger charge is 2.19. The molecule has 2 aromatic rings. The standard InChI is InChI=1S/C22H30N4O2/c1-4-8-25-15-19(13-23)18-11-21-20(6-5-9-26-21)22(12-18)28-16(2)17(7-10-27)14-24-3/h5-6,9-13,15-17,24H,4,7-8,14,23H2,1-3H3. The minimum atomic E-state index is -0.143. The van der Waals surface area contributed by atoms with Crippen molar-refractivity contribution in [2.75, 3.05) is 20.1 Å². The smallest absolute Gasteiger partial charge is 0.129 e. The zero-order valence-electron chi connectivity index (χ0n) is 16.9. The quantitative estimate of drug-likeness (QED) is 0.460. The van der Waals surface area contributed by atoms with Gasteiger partial charge in [0, 0.05) is 55.0 Å². The number of hydrogen-bond acceptors (Lipinski definition) is 6. The second-order valence-electron chi connectivity index (χ2n) is 6.74. The van der Waals surface area contributed by atoms with Crippen molar-refractivity contribution in [3.05, 3.63) is 42.2 Å². The fourth-order valence-electron chi connectivity index (χ4n) is 3.04. The van der Waals surface area contributed by atoms with Crippen LogP contribution in [0.2, 0.25) is 0 Å². The van der Waals surface area contributed by atoms with Gasteiger partial charge in [0.25, 0.3) is 0 Å². The summed E-state index contributed by atoms with van der Waals surface area (Å²) in [6.07, 6.45) is 7.31. The molecule has 2 atom stereocenters. The minimum absolute atomic E-state index is 0.0773. The summed E-state index contributed by atoms with van der Waals surface area (Å²) in [4.78, 5) is 19.9. The normalized spacial score (nSPS) is 14.3. The molecule has 0 saturated heterocycles. The zero-order chi connectivity index (χ0) is 20.4. The molecule has 28 heavy (non-hydrogen) atoms. The summed E-state index contributed by atoms with van der Waals surface area (Å²) in [6, 6.07) is 7.82. The molecule has 6 heteroatoms. The van der Waals surface area contributed by atoms with Gasteiger partial charge in [-0.05, 0) is 50.2 Å². The number of nitrogens with zero attached hydrogens (tertiary/aromatic N) is 2. The van der Waals surface area contributed by atoms with Crippen LogP contribution in [0.4, 0.5) is 0 Å². The molecular weight excluding hydrogens is 352 g/mol. The number of allylic oxidation sites excluding steroid dienone is 1. The summed E-state index contributed by atoms with van der Waals surface area (Å²) in [6.45, 7) is 5.52. The average molecular weight is 383 g/mol. The van der Waals surface area contributed by atoms with E-state index in [0.29, 0.717) is 13.0 Å². The Hall–Kier alpha value is -2.73. The molecule has 1 aromatic heterocycles. The molecule has 0 aliphatic heterocycles. The Bertz CT molecular complexity index is 832. The maximum atomic E-state index is 11.0. The Morgan fingerprint density at radius 2 is 2.25 bits per heavy atom. The summed E-state index contributed by atoms with van der Waals surface area (Å²) in [5.41, 5.74) is 8.39. The number of aromatic nitrogens is 1. The summed E-state index contributed by atoms with van der Waals surface area (Å²) in [7, 11) is 1.87. The molecular formula is C22H30N4O2. The van der Waals surface area contributed by atoms with Crippen molar-refractivity contribution in [2.24, 2.45) is 16.6 Å².